The minimum absolute atomic E-state index is 0.0775. The predicted octanol–water partition coefficient (Wildman–Crippen LogP) is 2.86. The SMILES string of the molecule is COc1ccccc1C(=O)NC[C@]1(c2ccccc2)CC[C@H](N2C(=O)CNC2=O)CC1. The molecule has 4 amide bonds. The third kappa shape index (κ3) is 4.13. The lowest BCUT2D eigenvalue weighted by atomic mass is 9.68. The molecule has 1 saturated carbocycles. The number of para-hydroxylation sites is 1. The quantitative estimate of drug-likeness (QED) is 0.702. The molecule has 31 heavy (non-hydrogen) atoms. The molecule has 162 valence electrons. The average Bonchev–Trinajstić information content (AvgIpc) is 3.16. The van der Waals surface area contributed by atoms with Crippen LogP contribution in [0.5, 0.6) is 5.75 Å². The van der Waals surface area contributed by atoms with Crippen LogP contribution in [0.15, 0.2) is 54.6 Å². The van der Waals surface area contributed by atoms with Crippen molar-refractivity contribution in [1.29, 1.82) is 0 Å². The lowest BCUT2D eigenvalue weighted by molar-refractivity contribution is -0.127. The van der Waals surface area contributed by atoms with Crippen LogP contribution in [-0.2, 0) is 10.2 Å². The van der Waals surface area contributed by atoms with Gasteiger partial charge in [-0.1, -0.05) is 42.5 Å². The van der Waals surface area contributed by atoms with Crippen molar-refractivity contribution in [2.75, 3.05) is 20.2 Å². The number of ether oxygens (including phenoxy) is 1. The van der Waals surface area contributed by atoms with E-state index < -0.39 is 0 Å². The second-order valence-electron chi connectivity index (χ2n) is 8.18. The number of nitrogens with zero attached hydrogens (tertiary/aromatic N) is 1. The zero-order valence-electron chi connectivity index (χ0n) is 17.6. The van der Waals surface area contributed by atoms with Gasteiger partial charge in [0.05, 0.1) is 19.2 Å². The van der Waals surface area contributed by atoms with E-state index in [1.54, 1.807) is 19.2 Å². The monoisotopic (exact) mass is 421 g/mol. The van der Waals surface area contributed by atoms with E-state index >= 15 is 0 Å². The van der Waals surface area contributed by atoms with Gasteiger partial charge in [0.1, 0.15) is 5.75 Å². The van der Waals surface area contributed by atoms with Crippen molar-refractivity contribution in [3.63, 3.8) is 0 Å². The third-order valence-electron chi connectivity index (χ3n) is 6.48. The Morgan fingerprint density at radius 2 is 1.77 bits per heavy atom. The number of benzene rings is 2. The fourth-order valence-corrected chi connectivity index (χ4v) is 4.75. The van der Waals surface area contributed by atoms with Crippen LogP contribution in [0, 0.1) is 0 Å². The second-order valence-corrected chi connectivity index (χ2v) is 8.18. The molecule has 1 saturated heterocycles. The molecule has 7 nitrogen and oxygen atoms in total. The number of nitrogens with one attached hydrogen (secondary N) is 2. The van der Waals surface area contributed by atoms with Crippen LogP contribution in [0.3, 0.4) is 0 Å². The Labute approximate surface area is 181 Å². The molecule has 2 aromatic carbocycles. The van der Waals surface area contributed by atoms with Gasteiger partial charge in [0.15, 0.2) is 0 Å². The van der Waals surface area contributed by atoms with Crippen LogP contribution < -0.4 is 15.4 Å². The molecule has 2 aromatic rings. The summed E-state index contributed by atoms with van der Waals surface area (Å²) in [5.74, 6) is 0.201. The summed E-state index contributed by atoms with van der Waals surface area (Å²) in [5.41, 5.74) is 1.40. The molecular weight excluding hydrogens is 394 g/mol. The molecule has 4 rings (SSSR count). The maximum Gasteiger partial charge on any atom is 0.324 e. The number of amides is 4. The summed E-state index contributed by atoms with van der Waals surface area (Å²) < 4.78 is 5.32. The molecule has 1 aliphatic heterocycles. The standard InChI is InChI=1S/C24H27N3O4/c1-31-20-10-6-5-9-19(20)22(29)26-16-24(17-7-3-2-4-8-17)13-11-18(12-14-24)27-21(28)15-25-23(27)30/h2-10,18H,11-16H2,1H3,(H,25,30)(H,26,29)/t18-,24-. The maximum absolute atomic E-state index is 12.9. The molecule has 1 aliphatic carbocycles. The van der Waals surface area contributed by atoms with Crippen molar-refractivity contribution in [3.8, 4) is 5.75 Å². The molecule has 0 unspecified atom stereocenters. The molecule has 0 spiro atoms. The van der Waals surface area contributed by atoms with E-state index in [-0.39, 0.29) is 35.8 Å². The Bertz CT molecular complexity index is 952. The van der Waals surface area contributed by atoms with E-state index in [0.717, 1.165) is 18.4 Å². The summed E-state index contributed by atoms with van der Waals surface area (Å²) in [6, 6.07) is 16.9. The van der Waals surface area contributed by atoms with Crippen LogP contribution in [0.1, 0.15) is 41.6 Å². The van der Waals surface area contributed by atoms with Gasteiger partial charge in [-0.2, -0.15) is 0 Å². The highest BCUT2D eigenvalue weighted by molar-refractivity contribution is 6.02. The van der Waals surface area contributed by atoms with Crippen molar-refractivity contribution in [1.82, 2.24) is 15.5 Å². The van der Waals surface area contributed by atoms with Crippen LogP contribution in [0.4, 0.5) is 4.79 Å². The summed E-state index contributed by atoms with van der Waals surface area (Å²) in [4.78, 5) is 38.5. The maximum atomic E-state index is 12.9. The van der Waals surface area contributed by atoms with Gasteiger partial charge in [0.25, 0.3) is 5.91 Å². The molecule has 0 radical (unpaired) electrons. The summed E-state index contributed by atoms with van der Waals surface area (Å²) in [7, 11) is 1.55. The van der Waals surface area contributed by atoms with Gasteiger partial charge >= 0.3 is 6.03 Å². The van der Waals surface area contributed by atoms with Gasteiger partial charge < -0.3 is 15.4 Å². The highest BCUT2D eigenvalue weighted by Gasteiger charge is 2.42. The fourth-order valence-electron chi connectivity index (χ4n) is 4.75. The number of hydrogen-bond donors (Lipinski definition) is 2. The van der Waals surface area contributed by atoms with Crippen molar-refractivity contribution in [3.05, 3.63) is 65.7 Å². The van der Waals surface area contributed by atoms with E-state index in [9.17, 15) is 14.4 Å². The zero-order valence-corrected chi connectivity index (χ0v) is 17.6. The molecule has 2 aliphatic rings. The normalized spacial score (nSPS) is 23.4. The lowest BCUT2D eigenvalue weighted by Gasteiger charge is -2.42. The third-order valence-corrected chi connectivity index (χ3v) is 6.48. The Morgan fingerprint density at radius 3 is 2.42 bits per heavy atom. The van der Waals surface area contributed by atoms with Gasteiger partial charge in [0, 0.05) is 18.0 Å². The van der Waals surface area contributed by atoms with Gasteiger partial charge in [-0.3, -0.25) is 14.5 Å². The van der Waals surface area contributed by atoms with E-state index in [1.807, 2.05) is 30.3 Å². The van der Waals surface area contributed by atoms with Crippen molar-refractivity contribution in [2.45, 2.75) is 37.1 Å². The molecule has 0 atom stereocenters. The molecular formula is C24H27N3O4. The fraction of sp³-hybridized carbons (Fsp3) is 0.375. The lowest BCUT2D eigenvalue weighted by Crippen LogP contribution is -2.49. The molecule has 7 heteroatoms. The summed E-state index contributed by atoms with van der Waals surface area (Å²) in [5, 5.41) is 5.71. The number of carbonyl (C=O) groups excluding carboxylic acids is 3. The van der Waals surface area contributed by atoms with Crippen LogP contribution in [0.25, 0.3) is 0 Å². The minimum atomic E-state index is -0.299. The highest BCUT2D eigenvalue weighted by atomic mass is 16.5. The van der Waals surface area contributed by atoms with Crippen molar-refractivity contribution >= 4 is 17.8 Å². The van der Waals surface area contributed by atoms with Crippen LogP contribution >= 0.6 is 0 Å². The first kappa shape index (κ1) is 20.9. The largest absolute Gasteiger partial charge is 0.496 e. The summed E-state index contributed by atoms with van der Waals surface area (Å²) in [6.45, 7) is 0.550. The molecule has 2 N–H and O–H groups in total. The summed E-state index contributed by atoms with van der Waals surface area (Å²) >= 11 is 0. The predicted molar refractivity (Wildman–Crippen MR) is 116 cm³/mol. The number of rotatable bonds is 6. The number of hydrogen-bond acceptors (Lipinski definition) is 4. The molecule has 2 fully saturated rings. The first-order valence-electron chi connectivity index (χ1n) is 10.6. The van der Waals surface area contributed by atoms with Gasteiger partial charge in [0.2, 0.25) is 5.91 Å². The van der Waals surface area contributed by atoms with Crippen LogP contribution in [-0.4, -0.2) is 49.0 Å². The first-order valence-corrected chi connectivity index (χ1v) is 10.6. The van der Waals surface area contributed by atoms with Gasteiger partial charge in [-0.25, -0.2) is 4.79 Å². The average molecular weight is 421 g/mol. The van der Waals surface area contributed by atoms with E-state index in [0.29, 0.717) is 30.7 Å². The second kappa shape index (κ2) is 8.79. The van der Waals surface area contributed by atoms with Crippen LogP contribution in [0.2, 0.25) is 0 Å². The number of imide groups is 1. The highest BCUT2D eigenvalue weighted by Crippen LogP contribution is 2.41. The molecule has 0 bridgehead atoms. The van der Waals surface area contributed by atoms with E-state index in [4.69, 9.17) is 4.74 Å². The smallest absolute Gasteiger partial charge is 0.324 e. The molecule has 1 heterocycles. The molecule has 0 aromatic heterocycles. The van der Waals surface area contributed by atoms with Gasteiger partial charge in [-0.05, 0) is 43.4 Å². The number of urea groups is 1. The van der Waals surface area contributed by atoms with Crippen molar-refractivity contribution < 1.29 is 19.1 Å². The van der Waals surface area contributed by atoms with E-state index in [2.05, 4.69) is 22.8 Å². The Morgan fingerprint density at radius 1 is 1.10 bits per heavy atom. The Kier molecular flexibility index (Phi) is 5.93. The minimum Gasteiger partial charge on any atom is -0.496 e. The van der Waals surface area contributed by atoms with E-state index in [1.165, 1.54) is 4.90 Å². The van der Waals surface area contributed by atoms with Crippen molar-refractivity contribution in [2.24, 2.45) is 0 Å². The topological polar surface area (TPSA) is 87.7 Å². The first-order chi connectivity index (χ1) is 15.0. The van der Waals surface area contributed by atoms with Gasteiger partial charge in [-0.15, -0.1) is 0 Å². The number of methoxy groups -OCH3 is 1. The zero-order chi connectivity index (χ0) is 21.8. The summed E-state index contributed by atoms with van der Waals surface area (Å²) in [6.07, 6.45) is 2.95. The number of carbonyl (C=O) groups is 3. The Balaban J connectivity index is 1.51. The Hall–Kier alpha value is -3.35.